The van der Waals surface area contributed by atoms with Crippen molar-refractivity contribution in [1.82, 2.24) is 0 Å². The molecule has 0 heterocycles. The Morgan fingerprint density at radius 1 is 1.19 bits per heavy atom. The van der Waals surface area contributed by atoms with Gasteiger partial charge >= 0.3 is 17.1 Å². The van der Waals surface area contributed by atoms with Crippen LogP contribution in [0.2, 0.25) is 0 Å². The van der Waals surface area contributed by atoms with Crippen molar-refractivity contribution in [2.24, 2.45) is 0 Å². The molecule has 0 radical (unpaired) electrons. The van der Waals surface area contributed by atoms with Crippen LogP contribution < -0.4 is 0 Å². The Hall–Kier alpha value is -1.75. The van der Waals surface area contributed by atoms with Crippen LogP contribution in [0.3, 0.4) is 0 Å². The number of carbonyl (C=O) groups is 1. The summed E-state index contributed by atoms with van der Waals surface area (Å²) in [6.45, 7) is -0.250. The van der Waals surface area contributed by atoms with Gasteiger partial charge in [-0.05, 0) is 0 Å². The molecule has 0 bridgehead atoms. The van der Waals surface area contributed by atoms with Crippen LogP contribution in [0, 0.1) is 12.3 Å². The van der Waals surface area contributed by atoms with Gasteiger partial charge in [0.1, 0.15) is 0 Å². The van der Waals surface area contributed by atoms with E-state index < -0.39 is 0 Å². The van der Waals surface area contributed by atoms with E-state index in [2.05, 4.69) is 5.92 Å². The third-order valence-corrected chi connectivity index (χ3v) is 1.38. The summed E-state index contributed by atoms with van der Waals surface area (Å²) in [6, 6.07) is 17.7. The maximum atomic E-state index is 8.36. The molecule has 84 valence electrons. The van der Waals surface area contributed by atoms with Crippen LogP contribution in [0.25, 0.3) is 0 Å². The molecule has 0 unspecified atom stereocenters. The van der Waals surface area contributed by atoms with Crippen LogP contribution in [0.5, 0.6) is 0 Å². The molecule has 0 aromatic heterocycles. The van der Waals surface area contributed by atoms with Crippen molar-refractivity contribution in [2.75, 3.05) is 0 Å². The van der Waals surface area contributed by atoms with Gasteiger partial charge in [-0.15, -0.1) is 12.1 Å². The number of carboxylic acid groups (broad SMARTS) is 1. The van der Waals surface area contributed by atoms with Gasteiger partial charge in [0.25, 0.3) is 6.47 Å². The largest absolute Gasteiger partial charge is 2.00 e. The predicted molar refractivity (Wildman–Crippen MR) is 60.7 cm³/mol. The molecule has 1 N–H and O–H groups in total. The Kier molecular flexibility index (Phi) is 13.8. The fourth-order valence-corrected chi connectivity index (χ4v) is 0.791. The summed E-state index contributed by atoms with van der Waals surface area (Å²) in [5.74, 6) is 2.51. The van der Waals surface area contributed by atoms with Crippen molar-refractivity contribution in [1.29, 1.82) is 0 Å². The minimum Gasteiger partial charge on any atom is -0.483 e. The molecular weight excluding hydrogens is 244 g/mol. The first-order chi connectivity index (χ1) is 7.35. The van der Waals surface area contributed by atoms with Crippen molar-refractivity contribution < 1.29 is 27.0 Å². The topological polar surface area (TPSA) is 37.3 Å². The minimum atomic E-state index is -0.250. The second-order valence-corrected chi connectivity index (χ2v) is 2.39. The van der Waals surface area contributed by atoms with Crippen LogP contribution in [0.1, 0.15) is 5.56 Å². The SMILES string of the molecule is C#C[c-]1cccc1.O=CO.[Fe+2].c1cc[cH-]c1. The Morgan fingerprint density at radius 2 is 1.62 bits per heavy atom. The second kappa shape index (κ2) is 13.2. The molecule has 2 aromatic rings. The molecule has 0 atom stereocenters. The Bertz CT molecular complexity index is 338. The first-order valence-electron chi connectivity index (χ1n) is 4.28. The summed E-state index contributed by atoms with van der Waals surface area (Å²) in [4.78, 5) is 8.36. The summed E-state index contributed by atoms with van der Waals surface area (Å²) < 4.78 is 0. The smallest absolute Gasteiger partial charge is 0.483 e. The summed E-state index contributed by atoms with van der Waals surface area (Å²) in [5, 5.41) is 6.89. The average Bonchev–Trinajstić information content (AvgIpc) is 2.96. The molecule has 0 aliphatic rings. The van der Waals surface area contributed by atoms with Crippen LogP contribution in [0.4, 0.5) is 0 Å². The van der Waals surface area contributed by atoms with E-state index in [-0.39, 0.29) is 23.5 Å². The van der Waals surface area contributed by atoms with Crippen LogP contribution in [-0.2, 0) is 21.9 Å². The predicted octanol–water partition coefficient (Wildman–Crippen LogP) is 2.49. The maximum absolute atomic E-state index is 8.36. The number of hydrogen-bond acceptors (Lipinski definition) is 1. The fourth-order valence-electron chi connectivity index (χ4n) is 0.791. The first-order valence-corrected chi connectivity index (χ1v) is 4.28. The molecule has 2 aromatic carbocycles. The van der Waals surface area contributed by atoms with E-state index in [9.17, 15) is 0 Å². The average molecular weight is 256 g/mol. The molecule has 2 rings (SSSR count). The summed E-state index contributed by atoms with van der Waals surface area (Å²) in [6.07, 6.45) is 5.04. The van der Waals surface area contributed by atoms with Crippen molar-refractivity contribution >= 4 is 6.47 Å². The molecule has 3 heteroatoms. The van der Waals surface area contributed by atoms with E-state index in [4.69, 9.17) is 16.3 Å². The van der Waals surface area contributed by atoms with Gasteiger partial charge in [-0.3, -0.25) is 4.79 Å². The number of rotatable bonds is 0. The third-order valence-electron chi connectivity index (χ3n) is 1.38. The minimum absolute atomic E-state index is 0. The molecule has 0 saturated heterocycles. The fraction of sp³-hybridized carbons (Fsp3) is 0. The quantitative estimate of drug-likeness (QED) is 0.340. The van der Waals surface area contributed by atoms with Crippen molar-refractivity contribution in [3.63, 3.8) is 0 Å². The first kappa shape index (κ1) is 16.7. The van der Waals surface area contributed by atoms with E-state index in [1.54, 1.807) is 0 Å². The van der Waals surface area contributed by atoms with Crippen LogP contribution in [-0.4, -0.2) is 11.6 Å². The number of terminal acetylenes is 1. The molecule has 0 fully saturated rings. The Labute approximate surface area is 106 Å². The monoisotopic (exact) mass is 256 g/mol. The van der Waals surface area contributed by atoms with E-state index in [0.29, 0.717) is 0 Å². The van der Waals surface area contributed by atoms with Gasteiger partial charge in [0.05, 0.1) is 0 Å². The van der Waals surface area contributed by atoms with Gasteiger partial charge in [0, 0.05) is 0 Å². The van der Waals surface area contributed by atoms with Gasteiger partial charge in [-0.2, -0.15) is 36.3 Å². The van der Waals surface area contributed by atoms with E-state index >= 15 is 0 Å². The normalized spacial score (nSPS) is 6.69. The summed E-state index contributed by atoms with van der Waals surface area (Å²) in [5.41, 5.74) is 0.958. The van der Waals surface area contributed by atoms with Gasteiger partial charge in [-0.1, -0.05) is 5.56 Å². The molecule has 0 amide bonds. The van der Waals surface area contributed by atoms with Crippen molar-refractivity contribution in [2.45, 2.75) is 0 Å². The van der Waals surface area contributed by atoms with Gasteiger partial charge in [0.2, 0.25) is 0 Å². The van der Waals surface area contributed by atoms with E-state index in [0.717, 1.165) is 5.56 Å². The van der Waals surface area contributed by atoms with Crippen molar-refractivity contribution in [3.8, 4) is 12.3 Å². The molecular formula is C13H12FeO2. The van der Waals surface area contributed by atoms with Gasteiger partial charge < -0.3 is 5.11 Å². The number of hydrogen-bond donors (Lipinski definition) is 1. The zero-order valence-electron chi connectivity index (χ0n) is 8.56. The van der Waals surface area contributed by atoms with Crippen molar-refractivity contribution in [3.05, 3.63) is 60.2 Å². The summed E-state index contributed by atoms with van der Waals surface area (Å²) in [7, 11) is 0. The second-order valence-electron chi connectivity index (χ2n) is 2.39. The standard InChI is InChI=1S/C7H5.C5H5.CH2O2.Fe/c1-2-7-5-3-4-6-7;1-2-4-5-3-1;2-1-3;/h1,3-6H;1-5H;1H,(H,2,3);/q2*-1;;+2. The van der Waals surface area contributed by atoms with Crippen LogP contribution >= 0.6 is 0 Å². The molecule has 0 aliphatic heterocycles. The maximum Gasteiger partial charge on any atom is 2.00 e. The Balaban J connectivity index is 0. The van der Waals surface area contributed by atoms with Gasteiger partial charge in [-0.25, -0.2) is 18.6 Å². The third kappa shape index (κ3) is 10.3. The van der Waals surface area contributed by atoms with E-state index in [1.807, 2.05) is 54.6 Å². The Morgan fingerprint density at radius 3 is 1.81 bits per heavy atom. The summed E-state index contributed by atoms with van der Waals surface area (Å²) >= 11 is 0. The molecule has 0 saturated carbocycles. The van der Waals surface area contributed by atoms with E-state index in [1.165, 1.54) is 0 Å². The van der Waals surface area contributed by atoms with Crippen LogP contribution in [0.15, 0.2) is 54.6 Å². The molecule has 16 heavy (non-hydrogen) atoms. The molecule has 0 spiro atoms. The molecule has 2 nitrogen and oxygen atoms in total. The zero-order valence-corrected chi connectivity index (χ0v) is 9.66. The molecule has 0 aliphatic carbocycles. The van der Waals surface area contributed by atoms with Gasteiger partial charge in [0.15, 0.2) is 0 Å². The zero-order chi connectivity index (χ0) is 11.4.